The summed E-state index contributed by atoms with van der Waals surface area (Å²) in [6.45, 7) is 9.68. The maximum absolute atomic E-state index is 5.07. The van der Waals surface area contributed by atoms with Crippen molar-refractivity contribution in [3.8, 4) is 0 Å². The van der Waals surface area contributed by atoms with E-state index in [1.165, 1.54) is 19.5 Å². The van der Waals surface area contributed by atoms with Crippen molar-refractivity contribution in [2.75, 3.05) is 53.9 Å². The lowest BCUT2D eigenvalue weighted by atomic mass is 10.3. The number of likely N-dealkylation sites (N-methyl/N-ethyl adjacent to an activating group) is 1. The second-order valence-corrected chi connectivity index (χ2v) is 4.13. The van der Waals surface area contributed by atoms with Crippen molar-refractivity contribution < 1.29 is 4.74 Å². The molecule has 4 nitrogen and oxygen atoms in total. The number of nitrogens with zero attached hydrogens (tertiary/aromatic N) is 3. The van der Waals surface area contributed by atoms with Crippen LogP contribution in [0.15, 0.2) is 17.1 Å². The molecule has 0 spiro atoms. The molecule has 0 aromatic heterocycles. The van der Waals surface area contributed by atoms with Crippen molar-refractivity contribution >= 4 is 5.90 Å². The number of ether oxygens (including phenoxy) is 1. The molecular formula is C14H29N3O. The van der Waals surface area contributed by atoms with Crippen molar-refractivity contribution in [3.63, 3.8) is 0 Å². The lowest BCUT2D eigenvalue weighted by Gasteiger charge is -2.17. The molecule has 0 aliphatic carbocycles. The van der Waals surface area contributed by atoms with Gasteiger partial charge in [0.05, 0.1) is 7.11 Å². The minimum Gasteiger partial charge on any atom is -0.481 e. The van der Waals surface area contributed by atoms with Crippen LogP contribution in [0.1, 0.15) is 20.3 Å². The highest BCUT2D eigenvalue weighted by Crippen LogP contribution is 2.00. The first-order valence-corrected chi connectivity index (χ1v) is 6.84. The highest BCUT2D eigenvalue weighted by Gasteiger charge is 2.09. The van der Waals surface area contributed by atoms with Crippen LogP contribution in [-0.2, 0) is 4.74 Å². The van der Waals surface area contributed by atoms with E-state index in [2.05, 4.69) is 27.9 Å². The second-order valence-electron chi connectivity index (χ2n) is 4.13. The average Bonchev–Trinajstić information content (AvgIpc) is 2.62. The van der Waals surface area contributed by atoms with E-state index >= 15 is 0 Å². The Labute approximate surface area is 112 Å². The Hall–Kier alpha value is -0.870. The molecule has 0 aromatic carbocycles. The summed E-state index contributed by atoms with van der Waals surface area (Å²) >= 11 is 0. The molecule has 1 aliphatic rings. The molecule has 1 rings (SSSR count). The van der Waals surface area contributed by atoms with E-state index < -0.39 is 0 Å². The molecule has 0 amide bonds. The van der Waals surface area contributed by atoms with Gasteiger partial charge in [0.15, 0.2) is 0 Å². The summed E-state index contributed by atoms with van der Waals surface area (Å²) < 4.78 is 5.07. The molecule has 0 saturated carbocycles. The molecule has 0 N–H and O–H groups in total. The van der Waals surface area contributed by atoms with E-state index in [-0.39, 0.29) is 0 Å². The minimum absolute atomic E-state index is 0.687. The van der Waals surface area contributed by atoms with Crippen molar-refractivity contribution in [2.24, 2.45) is 4.99 Å². The van der Waals surface area contributed by atoms with Crippen LogP contribution in [-0.4, -0.2) is 69.6 Å². The van der Waals surface area contributed by atoms with Gasteiger partial charge in [-0.1, -0.05) is 19.9 Å². The van der Waals surface area contributed by atoms with Gasteiger partial charge in [0.25, 0.3) is 0 Å². The maximum Gasteiger partial charge on any atom is 0.207 e. The number of hydrogen-bond donors (Lipinski definition) is 0. The van der Waals surface area contributed by atoms with Crippen LogP contribution in [0.3, 0.4) is 0 Å². The summed E-state index contributed by atoms with van der Waals surface area (Å²) in [4.78, 5) is 8.85. The van der Waals surface area contributed by atoms with Gasteiger partial charge in [-0.2, -0.15) is 0 Å². The van der Waals surface area contributed by atoms with E-state index in [1.54, 1.807) is 14.2 Å². The van der Waals surface area contributed by atoms with Crippen molar-refractivity contribution in [3.05, 3.63) is 12.2 Å². The lowest BCUT2D eigenvalue weighted by Crippen LogP contribution is -2.29. The highest BCUT2D eigenvalue weighted by atomic mass is 16.5. The zero-order chi connectivity index (χ0) is 13.8. The predicted octanol–water partition coefficient (Wildman–Crippen LogP) is 1.88. The van der Waals surface area contributed by atoms with E-state index in [0.29, 0.717) is 5.90 Å². The van der Waals surface area contributed by atoms with Gasteiger partial charge in [0.1, 0.15) is 0 Å². The third-order valence-corrected chi connectivity index (χ3v) is 2.87. The van der Waals surface area contributed by atoms with E-state index in [1.807, 2.05) is 19.9 Å². The fourth-order valence-electron chi connectivity index (χ4n) is 1.82. The summed E-state index contributed by atoms with van der Waals surface area (Å²) in [5.41, 5.74) is 0. The molecule has 106 valence electrons. The highest BCUT2D eigenvalue weighted by molar-refractivity contribution is 5.87. The number of rotatable bonds is 3. The molecule has 0 radical (unpaired) electrons. The summed E-state index contributed by atoms with van der Waals surface area (Å²) in [6.07, 6.45) is 5.31. The van der Waals surface area contributed by atoms with Crippen molar-refractivity contribution in [2.45, 2.75) is 20.3 Å². The van der Waals surface area contributed by atoms with Crippen LogP contribution in [0.2, 0.25) is 0 Å². The third kappa shape index (κ3) is 7.45. The quantitative estimate of drug-likeness (QED) is 0.569. The summed E-state index contributed by atoms with van der Waals surface area (Å²) in [7, 11) is 5.57. The van der Waals surface area contributed by atoms with E-state index in [0.717, 1.165) is 19.6 Å². The molecular weight excluding hydrogens is 226 g/mol. The topological polar surface area (TPSA) is 28.1 Å². The van der Waals surface area contributed by atoms with Gasteiger partial charge in [-0.25, -0.2) is 0 Å². The Morgan fingerprint density at radius 2 is 1.94 bits per heavy atom. The summed E-state index contributed by atoms with van der Waals surface area (Å²) in [5.74, 6) is 0.687. The molecule has 4 heteroatoms. The maximum atomic E-state index is 5.07. The number of hydrogen-bond acceptors (Lipinski definition) is 4. The van der Waals surface area contributed by atoms with Crippen molar-refractivity contribution in [1.82, 2.24) is 9.80 Å². The first-order chi connectivity index (χ1) is 8.76. The molecule has 0 atom stereocenters. The molecule has 1 heterocycles. The Kier molecular flexibility index (Phi) is 10.7. The molecule has 1 fully saturated rings. The Morgan fingerprint density at radius 1 is 1.22 bits per heavy atom. The average molecular weight is 255 g/mol. The van der Waals surface area contributed by atoms with Gasteiger partial charge < -0.3 is 9.64 Å². The van der Waals surface area contributed by atoms with Crippen molar-refractivity contribution in [1.29, 1.82) is 0 Å². The Bertz CT molecular complexity index is 251. The van der Waals surface area contributed by atoms with Gasteiger partial charge in [0.2, 0.25) is 5.90 Å². The van der Waals surface area contributed by atoms with Crippen LogP contribution in [0.4, 0.5) is 0 Å². The van der Waals surface area contributed by atoms with E-state index in [4.69, 9.17) is 4.74 Å². The predicted molar refractivity (Wildman–Crippen MR) is 79.4 cm³/mol. The molecule has 0 unspecified atom stereocenters. The zero-order valence-electron chi connectivity index (χ0n) is 12.6. The Balaban J connectivity index is 0.00000137. The standard InChI is InChI=1S/C12H23N3O.C2H6/c1-13-12(16-3)6-4-8-15-9-5-7-14(2)10-11-15;1-2/h4,6H,5,7-11H2,1-3H3;1-2H3/b6-4-,13-12?;. The normalized spacial score (nSPS) is 19.3. The van der Waals surface area contributed by atoms with E-state index in [9.17, 15) is 0 Å². The molecule has 18 heavy (non-hydrogen) atoms. The van der Waals surface area contributed by atoms with Crippen LogP contribution in [0, 0.1) is 0 Å². The lowest BCUT2D eigenvalue weighted by molar-refractivity contribution is 0.300. The van der Waals surface area contributed by atoms with Crippen LogP contribution >= 0.6 is 0 Å². The summed E-state index contributed by atoms with van der Waals surface area (Å²) in [5, 5.41) is 0. The molecule has 1 aliphatic heterocycles. The second kappa shape index (κ2) is 11.2. The van der Waals surface area contributed by atoms with Gasteiger partial charge in [-0.05, 0) is 32.6 Å². The molecule has 1 saturated heterocycles. The fourth-order valence-corrected chi connectivity index (χ4v) is 1.82. The van der Waals surface area contributed by atoms with Crippen LogP contribution in [0.5, 0.6) is 0 Å². The SMILES string of the molecule is CC.CN=C(/C=C\CN1CCCN(C)CC1)OC. The van der Waals surface area contributed by atoms with Gasteiger partial charge in [-0.3, -0.25) is 9.89 Å². The molecule has 0 aromatic rings. The monoisotopic (exact) mass is 255 g/mol. The van der Waals surface area contributed by atoms with Crippen LogP contribution < -0.4 is 0 Å². The minimum atomic E-state index is 0.687. The van der Waals surface area contributed by atoms with Gasteiger partial charge >= 0.3 is 0 Å². The first-order valence-electron chi connectivity index (χ1n) is 6.84. The third-order valence-electron chi connectivity index (χ3n) is 2.87. The van der Waals surface area contributed by atoms with Gasteiger partial charge in [-0.15, -0.1) is 0 Å². The number of aliphatic imine (C=N–C) groups is 1. The zero-order valence-corrected chi connectivity index (χ0v) is 12.6. The fraction of sp³-hybridized carbons (Fsp3) is 0.786. The van der Waals surface area contributed by atoms with Gasteiger partial charge in [0, 0.05) is 26.7 Å². The largest absolute Gasteiger partial charge is 0.481 e. The summed E-state index contributed by atoms with van der Waals surface area (Å²) in [6, 6.07) is 0. The van der Waals surface area contributed by atoms with Crippen LogP contribution in [0.25, 0.3) is 0 Å². The number of methoxy groups -OCH3 is 1. The Morgan fingerprint density at radius 3 is 2.56 bits per heavy atom. The smallest absolute Gasteiger partial charge is 0.207 e. The molecule has 0 bridgehead atoms. The first kappa shape index (κ1) is 17.1.